The highest BCUT2D eigenvalue weighted by Crippen LogP contribution is 2.18. The summed E-state index contributed by atoms with van der Waals surface area (Å²) in [5.74, 6) is 0.0974. The number of carbonyl (C=O) groups excluding carboxylic acids is 1. The molecule has 0 radical (unpaired) electrons. The Kier molecular flexibility index (Phi) is 7.50. The number of benzene rings is 1. The van der Waals surface area contributed by atoms with E-state index in [1.165, 1.54) is 24.3 Å². The number of nitrogens with zero attached hydrogens (tertiary/aromatic N) is 3. The van der Waals surface area contributed by atoms with Gasteiger partial charge in [0.25, 0.3) is 5.91 Å². The van der Waals surface area contributed by atoms with Crippen LogP contribution in [-0.4, -0.2) is 68.2 Å². The summed E-state index contributed by atoms with van der Waals surface area (Å²) in [4.78, 5) is 22.1. The molecule has 1 atom stereocenters. The molecule has 0 aromatic heterocycles. The predicted octanol–water partition coefficient (Wildman–Crippen LogP) is 0.354. The largest absolute Gasteiger partial charge is 0.390 e. The van der Waals surface area contributed by atoms with Gasteiger partial charge in [-0.1, -0.05) is 24.3 Å². The van der Waals surface area contributed by atoms with Crippen LogP contribution in [0.2, 0.25) is 0 Å². The summed E-state index contributed by atoms with van der Waals surface area (Å²) in [6, 6.07) is 8.37. The van der Waals surface area contributed by atoms with Crippen molar-refractivity contribution in [1.29, 1.82) is 0 Å². The molecule has 3 N–H and O–H groups in total. The van der Waals surface area contributed by atoms with Crippen molar-refractivity contribution < 1.29 is 9.90 Å². The highest BCUT2D eigenvalue weighted by Gasteiger charge is 2.19. The summed E-state index contributed by atoms with van der Waals surface area (Å²) in [7, 11) is 3.22. The zero-order valence-electron chi connectivity index (χ0n) is 15.4. The summed E-state index contributed by atoms with van der Waals surface area (Å²) in [5, 5.41) is 15.8. The van der Waals surface area contributed by atoms with Crippen molar-refractivity contribution in [2.75, 3.05) is 33.7 Å². The third kappa shape index (κ3) is 5.50. The zero-order chi connectivity index (χ0) is 18.9. The second-order valence-corrected chi connectivity index (χ2v) is 6.16. The van der Waals surface area contributed by atoms with Crippen LogP contribution in [0.25, 0.3) is 0 Å². The summed E-state index contributed by atoms with van der Waals surface area (Å²) in [6.07, 6.45) is 1.84. The Morgan fingerprint density at radius 2 is 2.15 bits per heavy atom. The van der Waals surface area contributed by atoms with Gasteiger partial charge in [-0.3, -0.25) is 14.7 Å². The molecule has 0 fully saturated rings. The molecule has 2 rings (SSSR count). The van der Waals surface area contributed by atoms with Gasteiger partial charge >= 0.3 is 0 Å². The molecule has 140 valence electrons. The molecular formula is C19H27N5O2. The second kappa shape index (κ2) is 9.84. The molecule has 7 nitrogen and oxygen atoms in total. The van der Waals surface area contributed by atoms with Crippen LogP contribution in [0.4, 0.5) is 0 Å². The highest BCUT2D eigenvalue weighted by molar-refractivity contribution is 6.43. The topological polar surface area (TPSA) is 89.3 Å². The molecule has 0 saturated heterocycles. The summed E-state index contributed by atoms with van der Waals surface area (Å²) < 4.78 is 0. The number of hydrogen-bond acceptors (Lipinski definition) is 6. The van der Waals surface area contributed by atoms with Gasteiger partial charge in [0.15, 0.2) is 0 Å². The Hall–Kier alpha value is -2.51. The molecular weight excluding hydrogens is 330 g/mol. The van der Waals surface area contributed by atoms with Crippen molar-refractivity contribution in [3.63, 3.8) is 0 Å². The second-order valence-electron chi connectivity index (χ2n) is 6.16. The van der Waals surface area contributed by atoms with Crippen LogP contribution in [0.5, 0.6) is 0 Å². The predicted molar refractivity (Wildman–Crippen MR) is 104 cm³/mol. The van der Waals surface area contributed by atoms with E-state index in [-0.39, 0.29) is 18.2 Å². The van der Waals surface area contributed by atoms with E-state index in [9.17, 15) is 9.90 Å². The molecule has 7 heteroatoms. The van der Waals surface area contributed by atoms with E-state index < -0.39 is 6.10 Å². The van der Waals surface area contributed by atoms with Gasteiger partial charge in [0.1, 0.15) is 11.5 Å². The first kappa shape index (κ1) is 19.8. The number of aliphatic hydroxyl groups excluding tert-OH is 1. The Bertz CT molecular complexity index is 699. The lowest BCUT2D eigenvalue weighted by Gasteiger charge is -2.30. The van der Waals surface area contributed by atoms with Crippen molar-refractivity contribution in [3.05, 3.63) is 47.3 Å². The molecule has 0 spiro atoms. The van der Waals surface area contributed by atoms with E-state index in [1.54, 1.807) is 7.05 Å². The minimum atomic E-state index is -0.646. The number of rotatable bonds is 8. The molecule has 0 saturated carbocycles. The van der Waals surface area contributed by atoms with Crippen LogP contribution in [0.15, 0.2) is 46.1 Å². The number of fused-ring (bicyclic) bond motifs is 1. The first-order chi connectivity index (χ1) is 12.6. The number of β-amino-alcohol motifs (C(OH)–C–C–N with tert-alkyl or cyclic N) is 1. The number of amides is 1. The standard InChI is InChI=1S/C19H27N5O2/c1-20-17(10-18(21-2)22-3)19(26)23-11-16(25)13-24-9-8-14-6-4-5-7-15(14)12-24/h4-7,10,16,22,25H,2,8-9,11-13H2,1,3H3,(H,23,26)/b18-10+,20-17+/t16-/m0/s1. The van der Waals surface area contributed by atoms with Gasteiger partial charge in [0.2, 0.25) is 0 Å². The maximum atomic E-state index is 12.2. The normalized spacial score (nSPS) is 16.6. The average molecular weight is 357 g/mol. The van der Waals surface area contributed by atoms with Crippen molar-refractivity contribution >= 4 is 18.3 Å². The number of carbonyl (C=O) groups is 1. The van der Waals surface area contributed by atoms with Gasteiger partial charge in [-0.2, -0.15) is 0 Å². The molecule has 0 bridgehead atoms. The van der Waals surface area contributed by atoms with E-state index in [0.717, 1.165) is 19.5 Å². The summed E-state index contributed by atoms with van der Waals surface area (Å²) >= 11 is 0. The highest BCUT2D eigenvalue weighted by atomic mass is 16.3. The van der Waals surface area contributed by atoms with Crippen LogP contribution in [0, 0.1) is 0 Å². The number of hydrogen-bond donors (Lipinski definition) is 3. The van der Waals surface area contributed by atoms with Gasteiger partial charge in [-0.25, -0.2) is 4.99 Å². The monoisotopic (exact) mass is 357 g/mol. The lowest BCUT2D eigenvalue weighted by molar-refractivity contribution is -0.115. The Morgan fingerprint density at radius 1 is 1.42 bits per heavy atom. The van der Waals surface area contributed by atoms with Crippen molar-refractivity contribution in [2.45, 2.75) is 19.1 Å². The molecule has 26 heavy (non-hydrogen) atoms. The fraction of sp³-hybridized carbons (Fsp3) is 0.421. The van der Waals surface area contributed by atoms with Crippen LogP contribution >= 0.6 is 0 Å². The lowest BCUT2D eigenvalue weighted by atomic mass is 10.00. The minimum Gasteiger partial charge on any atom is -0.390 e. The summed E-state index contributed by atoms with van der Waals surface area (Å²) in [5.41, 5.74) is 2.90. The minimum absolute atomic E-state index is 0.167. The number of aliphatic hydroxyl groups is 1. The maximum Gasteiger partial charge on any atom is 0.269 e. The fourth-order valence-electron chi connectivity index (χ4n) is 2.93. The van der Waals surface area contributed by atoms with E-state index in [1.807, 2.05) is 6.07 Å². The quantitative estimate of drug-likeness (QED) is 0.586. The van der Waals surface area contributed by atoms with Crippen molar-refractivity contribution in [1.82, 2.24) is 15.5 Å². The van der Waals surface area contributed by atoms with Gasteiger partial charge in [-0.05, 0) is 24.3 Å². The van der Waals surface area contributed by atoms with E-state index in [0.29, 0.717) is 12.4 Å². The Balaban J connectivity index is 1.83. The SMILES string of the molecule is C=N/C(=C\C(=N/C)C(=O)NC[C@H](O)CN1CCc2ccccc2C1)NC. The number of aliphatic imine (C=N–C) groups is 2. The molecule has 1 aliphatic rings. The average Bonchev–Trinajstić information content (AvgIpc) is 2.67. The summed E-state index contributed by atoms with van der Waals surface area (Å²) in [6.45, 7) is 5.83. The molecule has 1 aliphatic heterocycles. The van der Waals surface area contributed by atoms with Gasteiger partial charge in [0, 0.05) is 46.4 Å². The van der Waals surface area contributed by atoms with E-state index in [2.05, 4.69) is 50.4 Å². The first-order valence-electron chi connectivity index (χ1n) is 8.65. The first-order valence-corrected chi connectivity index (χ1v) is 8.65. The van der Waals surface area contributed by atoms with Crippen LogP contribution in [0.1, 0.15) is 11.1 Å². The maximum absolute atomic E-state index is 12.2. The van der Waals surface area contributed by atoms with Gasteiger partial charge < -0.3 is 15.7 Å². The Morgan fingerprint density at radius 3 is 2.81 bits per heavy atom. The molecule has 0 unspecified atom stereocenters. The smallest absolute Gasteiger partial charge is 0.269 e. The van der Waals surface area contributed by atoms with Gasteiger partial charge in [-0.15, -0.1) is 0 Å². The van der Waals surface area contributed by atoms with E-state index >= 15 is 0 Å². The van der Waals surface area contributed by atoms with Crippen molar-refractivity contribution in [2.24, 2.45) is 9.98 Å². The molecule has 1 aromatic rings. The van der Waals surface area contributed by atoms with E-state index in [4.69, 9.17) is 0 Å². The third-order valence-corrected chi connectivity index (χ3v) is 4.35. The van der Waals surface area contributed by atoms with Crippen LogP contribution < -0.4 is 10.6 Å². The molecule has 0 aliphatic carbocycles. The Labute approximate surface area is 154 Å². The van der Waals surface area contributed by atoms with Crippen molar-refractivity contribution in [3.8, 4) is 0 Å². The van der Waals surface area contributed by atoms with Gasteiger partial charge in [0.05, 0.1) is 6.10 Å². The number of nitrogens with one attached hydrogen (secondary N) is 2. The third-order valence-electron chi connectivity index (χ3n) is 4.35. The molecule has 1 heterocycles. The molecule has 1 aromatic carbocycles. The zero-order valence-corrected chi connectivity index (χ0v) is 15.4. The fourth-order valence-corrected chi connectivity index (χ4v) is 2.93. The lowest BCUT2D eigenvalue weighted by Crippen LogP contribution is -2.43. The van der Waals surface area contributed by atoms with Crippen LogP contribution in [0.3, 0.4) is 0 Å². The molecule has 1 amide bonds. The van der Waals surface area contributed by atoms with Crippen LogP contribution in [-0.2, 0) is 17.8 Å².